The Morgan fingerprint density at radius 1 is 1.17 bits per heavy atom. The lowest BCUT2D eigenvalue weighted by molar-refractivity contribution is -0.146. The molecule has 2 saturated heterocycles. The number of carbonyl (C=O) groups is 3. The van der Waals surface area contributed by atoms with Crippen LogP contribution in [-0.2, 0) is 25.6 Å². The van der Waals surface area contributed by atoms with Crippen molar-refractivity contribution in [1.82, 2.24) is 14.4 Å². The molecule has 1 aromatic heterocycles. The van der Waals surface area contributed by atoms with Crippen molar-refractivity contribution in [2.45, 2.75) is 37.9 Å². The van der Waals surface area contributed by atoms with Gasteiger partial charge < -0.3 is 18.8 Å². The molecular formula is C20H23N3O7. The van der Waals surface area contributed by atoms with Gasteiger partial charge in [0.1, 0.15) is 6.61 Å². The second kappa shape index (κ2) is 8.21. The third-order valence-corrected chi connectivity index (χ3v) is 5.72. The van der Waals surface area contributed by atoms with Gasteiger partial charge >= 0.3 is 17.8 Å². The molecule has 2 aliphatic rings. The SMILES string of the molecule is COC(=O)[C@H]1COC(=O)N1C1CCN(C(=O)CCn2c(=O)oc3ccccc32)CC1. The molecule has 1 atom stereocenters. The summed E-state index contributed by atoms with van der Waals surface area (Å²) in [6, 6.07) is 6.16. The fourth-order valence-corrected chi connectivity index (χ4v) is 4.14. The lowest BCUT2D eigenvalue weighted by Crippen LogP contribution is -2.52. The van der Waals surface area contributed by atoms with Crippen LogP contribution in [0.2, 0.25) is 0 Å². The highest BCUT2D eigenvalue weighted by atomic mass is 16.6. The second-order valence-electron chi connectivity index (χ2n) is 7.37. The molecule has 2 amide bonds. The average molecular weight is 417 g/mol. The largest absolute Gasteiger partial charge is 0.467 e. The number of hydrogen-bond acceptors (Lipinski definition) is 7. The quantitative estimate of drug-likeness (QED) is 0.667. The van der Waals surface area contributed by atoms with Gasteiger partial charge in [-0.2, -0.15) is 0 Å². The van der Waals surface area contributed by atoms with Crippen LogP contribution >= 0.6 is 0 Å². The molecule has 2 aromatic rings. The van der Waals surface area contributed by atoms with Crippen LogP contribution in [0.25, 0.3) is 11.1 Å². The summed E-state index contributed by atoms with van der Waals surface area (Å²) in [6.45, 7) is 1.14. The van der Waals surface area contributed by atoms with E-state index >= 15 is 0 Å². The zero-order valence-electron chi connectivity index (χ0n) is 16.6. The molecule has 0 N–H and O–H groups in total. The summed E-state index contributed by atoms with van der Waals surface area (Å²) >= 11 is 0. The predicted molar refractivity (Wildman–Crippen MR) is 104 cm³/mol. The van der Waals surface area contributed by atoms with Crippen LogP contribution in [0.4, 0.5) is 4.79 Å². The Bertz CT molecular complexity index is 1020. The van der Waals surface area contributed by atoms with Crippen molar-refractivity contribution >= 4 is 29.1 Å². The van der Waals surface area contributed by atoms with Gasteiger partial charge in [-0.25, -0.2) is 14.4 Å². The minimum atomic E-state index is -0.740. The van der Waals surface area contributed by atoms with Crippen molar-refractivity contribution in [3.05, 3.63) is 34.8 Å². The molecule has 10 heteroatoms. The number of methoxy groups -OCH3 is 1. The van der Waals surface area contributed by atoms with E-state index in [9.17, 15) is 19.2 Å². The Labute approximate surface area is 171 Å². The highest BCUT2D eigenvalue weighted by Gasteiger charge is 2.44. The van der Waals surface area contributed by atoms with Crippen molar-refractivity contribution in [3.8, 4) is 0 Å². The molecule has 0 unspecified atom stereocenters. The third kappa shape index (κ3) is 3.64. The van der Waals surface area contributed by atoms with E-state index in [0.717, 1.165) is 0 Å². The maximum Gasteiger partial charge on any atom is 0.419 e. The molecular weight excluding hydrogens is 394 g/mol. The molecule has 0 spiro atoms. The van der Waals surface area contributed by atoms with E-state index in [1.165, 1.54) is 16.6 Å². The van der Waals surface area contributed by atoms with E-state index in [-0.39, 0.29) is 31.5 Å². The van der Waals surface area contributed by atoms with Crippen LogP contribution in [0.5, 0.6) is 0 Å². The van der Waals surface area contributed by atoms with Gasteiger partial charge in [-0.15, -0.1) is 0 Å². The fraction of sp³-hybridized carbons (Fsp3) is 0.500. The molecule has 2 fully saturated rings. The number of aromatic nitrogens is 1. The first-order valence-electron chi connectivity index (χ1n) is 9.88. The molecule has 0 radical (unpaired) electrons. The maximum atomic E-state index is 12.7. The summed E-state index contributed by atoms with van der Waals surface area (Å²) in [5.41, 5.74) is 1.16. The van der Waals surface area contributed by atoms with Gasteiger partial charge in [-0.05, 0) is 25.0 Å². The minimum Gasteiger partial charge on any atom is -0.467 e. The monoisotopic (exact) mass is 417 g/mol. The van der Waals surface area contributed by atoms with Gasteiger partial charge in [0, 0.05) is 32.1 Å². The molecule has 0 saturated carbocycles. The normalized spacial score (nSPS) is 19.9. The van der Waals surface area contributed by atoms with E-state index in [1.54, 1.807) is 23.1 Å². The van der Waals surface area contributed by atoms with E-state index < -0.39 is 23.9 Å². The van der Waals surface area contributed by atoms with Crippen LogP contribution in [0.1, 0.15) is 19.3 Å². The van der Waals surface area contributed by atoms with Crippen molar-refractivity contribution in [2.24, 2.45) is 0 Å². The summed E-state index contributed by atoms with van der Waals surface area (Å²) in [7, 11) is 1.28. The van der Waals surface area contributed by atoms with E-state index in [1.807, 2.05) is 6.07 Å². The van der Waals surface area contributed by atoms with Crippen molar-refractivity contribution in [1.29, 1.82) is 0 Å². The van der Waals surface area contributed by atoms with Crippen molar-refractivity contribution in [2.75, 3.05) is 26.8 Å². The molecule has 160 valence electrons. The van der Waals surface area contributed by atoms with E-state index in [0.29, 0.717) is 37.0 Å². The second-order valence-corrected chi connectivity index (χ2v) is 7.37. The van der Waals surface area contributed by atoms with Crippen LogP contribution in [-0.4, -0.2) is 71.2 Å². The molecule has 1 aromatic carbocycles. The number of esters is 1. The third-order valence-electron chi connectivity index (χ3n) is 5.72. The lowest BCUT2D eigenvalue weighted by atomic mass is 10.0. The predicted octanol–water partition coefficient (Wildman–Crippen LogP) is 0.969. The summed E-state index contributed by atoms with van der Waals surface area (Å²) in [5, 5.41) is 0. The molecule has 0 bridgehead atoms. The summed E-state index contributed by atoms with van der Waals surface area (Å²) in [6.07, 6.45) is 0.734. The average Bonchev–Trinajstić information content (AvgIpc) is 3.30. The maximum absolute atomic E-state index is 12.7. The Morgan fingerprint density at radius 3 is 2.63 bits per heavy atom. The number of cyclic esters (lactones) is 1. The minimum absolute atomic E-state index is 0.0158. The van der Waals surface area contributed by atoms with Gasteiger partial charge in [0.05, 0.1) is 12.6 Å². The van der Waals surface area contributed by atoms with Crippen molar-refractivity contribution < 1.29 is 28.3 Å². The van der Waals surface area contributed by atoms with Crippen molar-refractivity contribution in [3.63, 3.8) is 0 Å². The van der Waals surface area contributed by atoms with Gasteiger partial charge in [0.25, 0.3) is 0 Å². The first-order chi connectivity index (χ1) is 14.5. The molecule has 30 heavy (non-hydrogen) atoms. The summed E-state index contributed by atoms with van der Waals surface area (Å²) < 4.78 is 16.4. The number of fused-ring (bicyclic) bond motifs is 1. The Morgan fingerprint density at radius 2 is 1.90 bits per heavy atom. The smallest absolute Gasteiger partial charge is 0.419 e. The van der Waals surface area contributed by atoms with Gasteiger partial charge in [-0.1, -0.05) is 12.1 Å². The molecule has 2 aliphatic heterocycles. The standard InChI is InChI=1S/C20H23N3O7/c1-28-18(25)15-12-29-20(27)23(15)13-6-9-21(10-7-13)17(24)8-11-22-14-4-2-3-5-16(14)30-19(22)26/h2-5,13,15H,6-12H2,1H3/t15-/m1/s1. The number of hydrogen-bond donors (Lipinski definition) is 0. The number of likely N-dealkylation sites (tertiary alicyclic amines) is 1. The zero-order chi connectivity index (χ0) is 21.3. The van der Waals surface area contributed by atoms with Crippen LogP contribution in [0, 0.1) is 0 Å². The number of rotatable bonds is 5. The number of nitrogens with zero attached hydrogens (tertiary/aromatic N) is 3. The van der Waals surface area contributed by atoms with Gasteiger partial charge in [-0.3, -0.25) is 14.3 Å². The summed E-state index contributed by atoms with van der Waals surface area (Å²) in [4.78, 5) is 51.8. The number of ether oxygens (including phenoxy) is 2. The molecule has 10 nitrogen and oxygen atoms in total. The van der Waals surface area contributed by atoms with E-state index in [2.05, 4.69) is 0 Å². The van der Waals surface area contributed by atoms with Crippen LogP contribution in [0.3, 0.4) is 0 Å². The molecule has 4 rings (SSSR count). The molecule has 3 heterocycles. The Kier molecular flexibility index (Phi) is 5.47. The number of amides is 2. The number of benzene rings is 1. The Hall–Kier alpha value is -3.30. The highest BCUT2D eigenvalue weighted by Crippen LogP contribution is 2.25. The number of carbonyl (C=O) groups excluding carboxylic acids is 3. The summed E-state index contributed by atoms with van der Waals surface area (Å²) in [5.74, 6) is -1.06. The lowest BCUT2D eigenvalue weighted by Gasteiger charge is -2.37. The van der Waals surface area contributed by atoms with Crippen LogP contribution < -0.4 is 5.76 Å². The number of oxazole rings is 1. The van der Waals surface area contributed by atoms with Gasteiger partial charge in [0.2, 0.25) is 5.91 Å². The van der Waals surface area contributed by atoms with E-state index in [4.69, 9.17) is 13.9 Å². The first kappa shape index (κ1) is 20.0. The Balaban J connectivity index is 1.34. The van der Waals surface area contributed by atoms with Crippen LogP contribution in [0.15, 0.2) is 33.5 Å². The zero-order valence-corrected chi connectivity index (χ0v) is 16.6. The highest BCUT2D eigenvalue weighted by molar-refractivity contribution is 5.84. The fourth-order valence-electron chi connectivity index (χ4n) is 4.14. The molecule has 0 aliphatic carbocycles. The number of para-hydroxylation sites is 2. The number of piperidine rings is 1. The topological polar surface area (TPSA) is 111 Å². The number of aryl methyl sites for hydroxylation is 1. The first-order valence-corrected chi connectivity index (χ1v) is 9.88. The van der Waals surface area contributed by atoms with Gasteiger partial charge in [0.15, 0.2) is 11.6 Å².